The number of hydrogen-bond donors (Lipinski definition) is 0. The Morgan fingerprint density at radius 3 is 2.06 bits per heavy atom. The van der Waals surface area contributed by atoms with Crippen LogP contribution in [-0.4, -0.2) is 34.3 Å². The van der Waals surface area contributed by atoms with Crippen molar-refractivity contribution in [1.29, 1.82) is 0 Å². The maximum absolute atomic E-state index is 11.6. The van der Waals surface area contributed by atoms with Crippen LogP contribution in [0.3, 0.4) is 0 Å². The van der Waals surface area contributed by atoms with Gasteiger partial charge >= 0.3 is 0 Å². The van der Waals surface area contributed by atoms with Gasteiger partial charge in [0.1, 0.15) is 5.15 Å². The van der Waals surface area contributed by atoms with Gasteiger partial charge < -0.3 is 0 Å². The predicted molar refractivity (Wildman–Crippen MR) is 66.4 cm³/mol. The van der Waals surface area contributed by atoms with E-state index in [0.29, 0.717) is 5.56 Å². The summed E-state index contributed by atoms with van der Waals surface area (Å²) >= 11 is 5.76. The summed E-state index contributed by atoms with van der Waals surface area (Å²) in [6.07, 6.45) is 3.15. The monoisotopic (exact) mass is 297 g/mol. The molecular formula is C9H12ClNO4S2. The molecule has 17 heavy (non-hydrogen) atoms. The quantitative estimate of drug-likeness (QED) is 0.781. The minimum atomic E-state index is -3.83. The molecule has 0 aliphatic carbocycles. The molecular weight excluding hydrogens is 286 g/mol. The lowest BCUT2D eigenvalue weighted by molar-refractivity contribution is 0.583. The fourth-order valence-corrected chi connectivity index (χ4v) is 5.68. The highest BCUT2D eigenvalue weighted by atomic mass is 35.5. The van der Waals surface area contributed by atoms with Crippen molar-refractivity contribution >= 4 is 31.3 Å². The van der Waals surface area contributed by atoms with E-state index in [1.165, 1.54) is 12.3 Å². The molecule has 0 saturated heterocycles. The molecule has 0 fully saturated rings. The average molecular weight is 298 g/mol. The van der Waals surface area contributed by atoms with Crippen LogP contribution in [0.15, 0.2) is 12.3 Å². The first kappa shape index (κ1) is 14.4. The van der Waals surface area contributed by atoms with Crippen LogP contribution in [0.1, 0.15) is 15.7 Å². The van der Waals surface area contributed by atoms with Crippen molar-refractivity contribution in [3.05, 3.63) is 28.5 Å². The summed E-state index contributed by atoms with van der Waals surface area (Å²) in [6, 6.07) is 1.42. The zero-order valence-electron chi connectivity index (χ0n) is 9.51. The van der Waals surface area contributed by atoms with E-state index in [1.807, 2.05) is 0 Å². The van der Waals surface area contributed by atoms with E-state index in [1.54, 1.807) is 6.92 Å². The van der Waals surface area contributed by atoms with Crippen molar-refractivity contribution in [2.75, 3.05) is 12.5 Å². The highest BCUT2D eigenvalue weighted by molar-refractivity contribution is 8.07. The van der Waals surface area contributed by atoms with Gasteiger partial charge in [0.05, 0.1) is 0 Å². The van der Waals surface area contributed by atoms with E-state index in [2.05, 4.69) is 4.98 Å². The lowest BCUT2D eigenvalue weighted by atomic mass is 10.2. The van der Waals surface area contributed by atoms with E-state index in [4.69, 9.17) is 11.6 Å². The Labute approximate surface area is 106 Å². The summed E-state index contributed by atoms with van der Waals surface area (Å²) in [4.78, 5) is 3.76. The molecule has 0 spiro atoms. The third kappa shape index (κ3) is 3.40. The molecule has 1 heterocycles. The molecule has 0 N–H and O–H groups in total. The summed E-state index contributed by atoms with van der Waals surface area (Å²) in [5.74, 6) is 0. The average Bonchev–Trinajstić information content (AvgIpc) is 2.06. The molecule has 0 atom stereocenters. The number of aromatic nitrogens is 1. The van der Waals surface area contributed by atoms with Gasteiger partial charge in [-0.2, -0.15) is 0 Å². The van der Waals surface area contributed by atoms with Crippen LogP contribution in [0.4, 0.5) is 0 Å². The number of aryl methyl sites for hydroxylation is 1. The number of nitrogens with zero attached hydrogens (tertiary/aromatic N) is 1. The van der Waals surface area contributed by atoms with Gasteiger partial charge in [-0.15, -0.1) is 0 Å². The van der Waals surface area contributed by atoms with Gasteiger partial charge in [0.25, 0.3) is 0 Å². The Morgan fingerprint density at radius 1 is 1.18 bits per heavy atom. The van der Waals surface area contributed by atoms with E-state index >= 15 is 0 Å². The van der Waals surface area contributed by atoms with Gasteiger partial charge in [0, 0.05) is 24.3 Å². The van der Waals surface area contributed by atoms with Crippen LogP contribution in [0.2, 0.25) is 5.15 Å². The Bertz CT molecular complexity index is 605. The molecule has 0 unspecified atom stereocenters. The summed E-state index contributed by atoms with van der Waals surface area (Å²) < 4.78 is 44.6. The van der Waals surface area contributed by atoms with Gasteiger partial charge in [0.2, 0.25) is 0 Å². The molecule has 0 saturated carbocycles. The van der Waals surface area contributed by atoms with Crippen molar-refractivity contribution < 1.29 is 16.8 Å². The van der Waals surface area contributed by atoms with Crippen molar-refractivity contribution in [3.63, 3.8) is 0 Å². The molecule has 0 amide bonds. The topological polar surface area (TPSA) is 81.2 Å². The van der Waals surface area contributed by atoms with Crippen LogP contribution < -0.4 is 0 Å². The number of hydrogen-bond acceptors (Lipinski definition) is 5. The molecule has 0 radical (unpaired) electrons. The normalized spacial score (nSPS) is 13.0. The van der Waals surface area contributed by atoms with E-state index < -0.39 is 24.3 Å². The van der Waals surface area contributed by atoms with Crippen molar-refractivity contribution in [3.8, 4) is 0 Å². The Morgan fingerprint density at radius 2 is 1.65 bits per heavy atom. The van der Waals surface area contributed by atoms with Crippen LogP contribution in [0.5, 0.6) is 0 Å². The van der Waals surface area contributed by atoms with Crippen LogP contribution >= 0.6 is 11.6 Å². The SMILES string of the molecule is Cc1cnc(Cl)c(C(S(C)(=O)=O)S(C)(=O)=O)c1. The summed E-state index contributed by atoms with van der Waals surface area (Å²) in [5, 5.41) is -0.114. The molecule has 0 aliphatic heterocycles. The zero-order valence-corrected chi connectivity index (χ0v) is 11.9. The van der Waals surface area contributed by atoms with Crippen LogP contribution in [0.25, 0.3) is 0 Å². The lowest BCUT2D eigenvalue weighted by Crippen LogP contribution is -2.21. The summed E-state index contributed by atoms with van der Waals surface area (Å²) in [7, 11) is -7.65. The second-order valence-corrected chi connectivity index (χ2v) is 8.80. The van der Waals surface area contributed by atoms with Gasteiger partial charge in [0.15, 0.2) is 24.3 Å². The molecule has 1 rings (SSSR count). The fraction of sp³-hybridized carbons (Fsp3) is 0.444. The molecule has 0 aliphatic rings. The van der Waals surface area contributed by atoms with Crippen molar-refractivity contribution in [1.82, 2.24) is 4.98 Å². The standard InChI is InChI=1S/C9H12ClNO4S2/c1-6-4-7(8(10)11-5-6)9(16(2,12)13)17(3,14)15/h4-5,9H,1-3H3. The number of rotatable bonds is 3. The molecule has 0 aromatic carbocycles. The Hall–Kier alpha value is -0.660. The molecule has 96 valence electrons. The fourth-order valence-electron chi connectivity index (χ4n) is 1.52. The van der Waals surface area contributed by atoms with Gasteiger partial charge in [-0.3, -0.25) is 0 Å². The zero-order chi connectivity index (χ0) is 13.4. The van der Waals surface area contributed by atoms with Crippen LogP contribution in [0, 0.1) is 6.92 Å². The second-order valence-electron chi connectivity index (χ2n) is 3.88. The summed E-state index contributed by atoms with van der Waals surface area (Å²) in [6.45, 7) is 1.68. The van der Waals surface area contributed by atoms with E-state index in [9.17, 15) is 16.8 Å². The number of halogens is 1. The highest BCUT2D eigenvalue weighted by Gasteiger charge is 2.35. The minimum Gasteiger partial charge on any atom is -0.244 e. The predicted octanol–water partition coefficient (Wildman–Crippen LogP) is 1.13. The highest BCUT2D eigenvalue weighted by Crippen LogP contribution is 2.31. The van der Waals surface area contributed by atoms with Gasteiger partial charge in [-0.25, -0.2) is 21.8 Å². The largest absolute Gasteiger partial charge is 0.244 e. The van der Waals surface area contributed by atoms with Crippen molar-refractivity contribution in [2.24, 2.45) is 0 Å². The maximum Gasteiger partial charge on any atom is 0.190 e. The first-order chi connectivity index (χ1) is 7.53. The lowest BCUT2D eigenvalue weighted by Gasteiger charge is -2.14. The van der Waals surface area contributed by atoms with Gasteiger partial charge in [-0.05, 0) is 18.6 Å². The molecule has 5 nitrogen and oxygen atoms in total. The smallest absolute Gasteiger partial charge is 0.190 e. The maximum atomic E-state index is 11.6. The first-order valence-corrected chi connectivity index (χ1v) is 8.82. The third-order valence-electron chi connectivity index (χ3n) is 2.03. The van der Waals surface area contributed by atoms with E-state index in [0.717, 1.165) is 12.5 Å². The van der Waals surface area contributed by atoms with Crippen molar-refractivity contribution in [2.45, 2.75) is 11.5 Å². The Kier molecular flexibility index (Phi) is 3.85. The molecule has 1 aromatic heterocycles. The summed E-state index contributed by atoms with van der Waals surface area (Å²) in [5.41, 5.74) is 0.637. The molecule has 8 heteroatoms. The number of pyridine rings is 1. The second kappa shape index (κ2) is 4.55. The van der Waals surface area contributed by atoms with Crippen LogP contribution in [-0.2, 0) is 19.7 Å². The molecule has 1 aromatic rings. The van der Waals surface area contributed by atoms with Gasteiger partial charge in [-0.1, -0.05) is 11.6 Å². The Balaban J connectivity index is 3.61. The minimum absolute atomic E-state index is 0.00309. The first-order valence-electron chi connectivity index (χ1n) is 4.53. The molecule has 0 bridgehead atoms. The number of sulfone groups is 2. The van der Waals surface area contributed by atoms with E-state index in [-0.39, 0.29) is 10.7 Å². The third-order valence-corrected chi connectivity index (χ3v) is 6.51.